The fourth-order valence-electron chi connectivity index (χ4n) is 7.86. The molecule has 0 N–H and O–H groups in total. The second kappa shape index (κ2) is 53.0. The number of unbranched alkanes of at least 4 members (excludes halogenated alkanes) is 31. The monoisotopic (exact) mass is 897 g/mol. The van der Waals surface area contributed by atoms with Gasteiger partial charge in [0.2, 0.25) is 0 Å². The summed E-state index contributed by atoms with van der Waals surface area (Å²) in [5.74, 6) is -0.891. The Labute approximate surface area is 397 Å². The van der Waals surface area contributed by atoms with Crippen molar-refractivity contribution in [3.05, 3.63) is 48.6 Å². The number of hydrogen-bond acceptors (Lipinski definition) is 6. The van der Waals surface area contributed by atoms with Crippen molar-refractivity contribution in [2.75, 3.05) is 13.2 Å². The van der Waals surface area contributed by atoms with E-state index in [0.29, 0.717) is 19.3 Å². The van der Waals surface area contributed by atoms with Crippen LogP contribution in [0.5, 0.6) is 0 Å². The van der Waals surface area contributed by atoms with Gasteiger partial charge >= 0.3 is 17.9 Å². The highest BCUT2D eigenvalue weighted by atomic mass is 16.6. The van der Waals surface area contributed by atoms with Crippen LogP contribution in [0.15, 0.2) is 48.6 Å². The molecule has 0 aromatic rings. The first kappa shape index (κ1) is 61.4. The molecule has 0 heterocycles. The molecule has 0 saturated carbocycles. The SMILES string of the molecule is CCCCCCC/C=C\C/C=C\C/C=C\CCCCCCCCC(=O)OCC(COC(=O)CCCCCCCCCCCCC)OC(=O)CCCCCCC/C=C\CCCCCCC. The summed E-state index contributed by atoms with van der Waals surface area (Å²) < 4.78 is 16.8. The van der Waals surface area contributed by atoms with Gasteiger partial charge in [0.05, 0.1) is 0 Å². The Kier molecular flexibility index (Phi) is 50.8. The van der Waals surface area contributed by atoms with Crippen LogP contribution in [0.4, 0.5) is 0 Å². The fraction of sp³-hybridized carbons (Fsp3) is 0.810. The largest absolute Gasteiger partial charge is 0.462 e. The minimum atomic E-state index is -0.780. The normalized spacial score (nSPS) is 12.4. The van der Waals surface area contributed by atoms with Crippen molar-refractivity contribution in [2.45, 2.75) is 290 Å². The van der Waals surface area contributed by atoms with Crippen LogP contribution in [0.1, 0.15) is 284 Å². The van der Waals surface area contributed by atoms with Crippen molar-refractivity contribution < 1.29 is 28.6 Å². The van der Waals surface area contributed by atoms with Crippen LogP contribution in [0.3, 0.4) is 0 Å². The maximum absolute atomic E-state index is 12.8. The van der Waals surface area contributed by atoms with E-state index in [1.165, 1.54) is 154 Å². The standard InChI is InChI=1S/C58H104O6/c1-4-7-10-13-16-19-22-24-26-27-28-29-30-31-32-34-36-39-42-45-48-51-57(60)63-54-55(53-62-56(59)50-47-44-41-38-35-21-18-15-12-9-6-3)64-58(61)52-49-46-43-40-37-33-25-23-20-17-14-11-8-5-2/h22-25,27-28,30-31,55H,4-21,26,29,32-54H2,1-3H3/b24-22-,25-23-,28-27-,31-30-. The number of allylic oxidation sites excluding steroid dienone is 8. The van der Waals surface area contributed by atoms with Crippen LogP contribution in [0, 0.1) is 0 Å². The van der Waals surface area contributed by atoms with Gasteiger partial charge in [0.1, 0.15) is 13.2 Å². The van der Waals surface area contributed by atoms with Gasteiger partial charge in [-0.1, -0.05) is 230 Å². The molecule has 0 aromatic heterocycles. The Bertz CT molecular complexity index is 1120. The maximum Gasteiger partial charge on any atom is 0.306 e. The Morgan fingerprint density at radius 1 is 0.312 bits per heavy atom. The van der Waals surface area contributed by atoms with Gasteiger partial charge in [-0.15, -0.1) is 0 Å². The highest BCUT2D eigenvalue weighted by Gasteiger charge is 2.19. The Morgan fingerprint density at radius 2 is 0.562 bits per heavy atom. The first-order valence-electron chi connectivity index (χ1n) is 27.6. The van der Waals surface area contributed by atoms with Crippen LogP contribution in [0.25, 0.3) is 0 Å². The molecule has 0 rings (SSSR count). The summed E-state index contributed by atoms with van der Waals surface area (Å²) in [6.07, 6.45) is 63.8. The molecule has 0 amide bonds. The summed E-state index contributed by atoms with van der Waals surface area (Å²) in [6, 6.07) is 0. The lowest BCUT2D eigenvalue weighted by atomic mass is 10.1. The van der Waals surface area contributed by atoms with E-state index in [4.69, 9.17) is 14.2 Å². The topological polar surface area (TPSA) is 78.9 Å². The van der Waals surface area contributed by atoms with E-state index in [0.717, 1.165) is 89.9 Å². The van der Waals surface area contributed by atoms with Crippen LogP contribution in [-0.4, -0.2) is 37.2 Å². The third kappa shape index (κ3) is 50.4. The second-order valence-corrected chi connectivity index (χ2v) is 18.5. The zero-order valence-corrected chi connectivity index (χ0v) is 42.6. The molecule has 0 radical (unpaired) electrons. The first-order chi connectivity index (χ1) is 31.5. The summed E-state index contributed by atoms with van der Waals surface area (Å²) >= 11 is 0. The molecule has 0 aliphatic carbocycles. The summed E-state index contributed by atoms with van der Waals surface area (Å²) in [7, 11) is 0. The van der Waals surface area contributed by atoms with Crippen LogP contribution >= 0.6 is 0 Å². The van der Waals surface area contributed by atoms with Gasteiger partial charge in [-0.05, 0) is 83.5 Å². The van der Waals surface area contributed by atoms with Crippen molar-refractivity contribution in [1.29, 1.82) is 0 Å². The van der Waals surface area contributed by atoms with E-state index in [9.17, 15) is 14.4 Å². The highest BCUT2D eigenvalue weighted by molar-refractivity contribution is 5.71. The van der Waals surface area contributed by atoms with E-state index in [1.54, 1.807) is 0 Å². The zero-order valence-electron chi connectivity index (χ0n) is 42.6. The van der Waals surface area contributed by atoms with Gasteiger partial charge in [0, 0.05) is 19.3 Å². The molecular formula is C58H104O6. The van der Waals surface area contributed by atoms with E-state index < -0.39 is 6.10 Å². The predicted molar refractivity (Wildman–Crippen MR) is 275 cm³/mol. The van der Waals surface area contributed by atoms with Crippen molar-refractivity contribution >= 4 is 17.9 Å². The van der Waals surface area contributed by atoms with E-state index >= 15 is 0 Å². The summed E-state index contributed by atoms with van der Waals surface area (Å²) in [5, 5.41) is 0. The number of esters is 3. The quantitative estimate of drug-likeness (QED) is 0.0262. The predicted octanol–water partition coefficient (Wildman–Crippen LogP) is 18.3. The Balaban J connectivity index is 4.34. The minimum absolute atomic E-state index is 0.0784. The lowest BCUT2D eigenvalue weighted by Gasteiger charge is -2.18. The van der Waals surface area contributed by atoms with Crippen molar-refractivity contribution in [3.8, 4) is 0 Å². The number of carbonyl (C=O) groups excluding carboxylic acids is 3. The lowest BCUT2D eigenvalue weighted by Crippen LogP contribution is -2.30. The van der Waals surface area contributed by atoms with Crippen LogP contribution in [-0.2, 0) is 28.6 Å². The van der Waals surface area contributed by atoms with Crippen molar-refractivity contribution in [3.63, 3.8) is 0 Å². The molecule has 6 nitrogen and oxygen atoms in total. The average molecular weight is 897 g/mol. The van der Waals surface area contributed by atoms with Gasteiger partial charge in [-0.3, -0.25) is 14.4 Å². The van der Waals surface area contributed by atoms with Gasteiger partial charge in [-0.25, -0.2) is 0 Å². The molecule has 0 spiro atoms. The first-order valence-corrected chi connectivity index (χ1v) is 27.6. The molecule has 1 atom stereocenters. The number of ether oxygens (including phenoxy) is 3. The van der Waals surface area contributed by atoms with E-state index in [1.807, 2.05) is 0 Å². The van der Waals surface area contributed by atoms with E-state index in [-0.39, 0.29) is 31.1 Å². The van der Waals surface area contributed by atoms with Gasteiger partial charge in [0.15, 0.2) is 6.10 Å². The molecule has 0 saturated heterocycles. The molecule has 0 bridgehead atoms. The van der Waals surface area contributed by atoms with Gasteiger partial charge < -0.3 is 14.2 Å². The molecule has 0 fully saturated rings. The van der Waals surface area contributed by atoms with Crippen LogP contribution < -0.4 is 0 Å². The average Bonchev–Trinajstić information content (AvgIpc) is 3.29. The van der Waals surface area contributed by atoms with Crippen molar-refractivity contribution in [1.82, 2.24) is 0 Å². The van der Waals surface area contributed by atoms with Crippen molar-refractivity contribution in [2.24, 2.45) is 0 Å². The zero-order chi connectivity index (χ0) is 46.5. The summed E-state index contributed by atoms with van der Waals surface area (Å²) in [6.45, 7) is 6.61. The highest BCUT2D eigenvalue weighted by Crippen LogP contribution is 2.15. The number of rotatable bonds is 50. The van der Waals surface area contributed by atoms with Gasteiger partial charge in [0.25, 0.3) is 0 Å². The summed E-state index contributed by atoms with van der Waals surface area (Å²) in [5.41, 5.74) is 0. The molecule has 64 heavy (non-hydrogen) atoms. The summed E-state index contributed by atoms with van der Waals surface area (Å²) in [4.78, 5) is 38.0. The smallest absolute Gasteiger partial charge is 0.306 e. The molecule has 372 valence electrons. The van der Waals surface area contributed by atoms with E-state index in [2.05, 4.69) is 69.4 Å². The molecular weight excluding hydrogens is 793 g/mol. The molecule has 0 aliphatic heterocycles. The number of hydrogen-bond donors (Lipinski definition) is 0. The number of carbonyl (C=O) groups is 3. The maximum atomic E-state index is 12.8. The second-order valence-electron chi connectivity index (χ2n) is 18.5. The Morgan fingerprint density at radius 3 is 0.891 bits per heavy atom. The van der Waals surface area contributed by atoms with Gasteiger partial charge in [-0.2, -0.15) is 0 Å². The Hall–Kier alpha value is -2.63. The third-order valence-electron chi connectivity index (χ3n) is 12.1. The fourth-order valence-corrected chi connectivity index (χ4v) is 7.86. The molecule has 0 aliphatic rings. The third-order valence-corrected chi connectivity index (χ3v) is 12.1. The molecule has 6 heteroatoms. The lowest BCUT2D eigenvalue weighted by molar-refractivity contribution is -0.167. The van der Waals surface area contributed by atoms with Crippen LogP contribution in [0.2, 0.25) is 0 Å². The molecule has 0 aromatic carbocycles. The minimum Gasteiger partial charge on any atom is -0.462 e. The molecule has 1 unspecified atom stereocenters.